The van der Waals surface area contributed by atoms with Crippen LogP contribution < -0.4 is 11.1 Å². The van der Waals surface area contributed by atoms with Gasteiger partial charge in [0.2, 0.25) is 0 Å². The third kappa shape index (κ3) is 4.03. The van der Waals surface area contributed by atoms with Gasteiger partial charge in [-0.2, -0.15) is 0 Å². The number of aliphatic imine (C=N–C) groups is 1. The van der Waals surface area contributed by atoms with Crippen LogP contribution in [0.3, 0.4) is 0 Å². The SMILES string of the molecule is N=CCC(N)=NCc1ccc(Nc2ccnc3cc(C4CCC4)ccc23)cc1. The number of pyridine rings is 1. The highest BCUT2D eigenvalue weighted by Crippen LogP contribution is 2.38. The van der Waals surface area contributed by atoms with Crippen molar-refractivity contribution in [1.82, 2.24) is 4.98 Å². The molecule has 1 saturated carbocycles. The summed E-state index contributed by atoms with van der Waals surface area (Å²) < 4.78 is 0. The zero-order valence-electron chi connectivity index (χ0n) is 15.9. The van der Waals surface area contributed by atoms with Gasteiger partial charge in [0.15, 0.2) is 0 Å². The Morgan fingerprint density at radius 2 is 2.00 bits per heavy atom. The molecule has 4 rings (SSSR count). The Bertz CT molecular complexity index is 1000. The summed E-state index contributed by atoms with van der Waals surface area (Å²) in [6.45, 7) is 0.530. The van der Waals surface area contributed by atoms with E-state index in [2.05, 4.69) is 33.5 Å². The van der Waals surface area contributed by atoms with E-state index in [1.54, 1.807) is 0 Å². The van der Waals surface area contributed by atoms with Gasteiger partial charge >= 0.3 is 0 Å². The maximum atomic E-state index is 7.06. The van der Waals surface area contributed by atoms with Crippen LogP contribution in [0.2, 0.25) is 0 Å². The molecule has 0 saturated heterocycles. The first-order chi connectivity index (χ1) is 13.7. The summed E-state index contributed by atoms with van der Waals surface area (Å²) in [4.78, 5) is 8.86. The lowest BCUT2D eigenvalue weighted by molar-refractivity contribution is 0.420. The molecule has 0 radical (unpaired) electrons. The molecule has 0 aliphatic heterocycles. The molecule has 1 aliphatic rings. The topological polar surface area (TPSA) is 87.2 Å². The van der Waals surface area contributed by atoms with E-state index in [1.807, 2.05) is 36.5 Å². The number of benzene rings is 2. The second kappa shape index (κ2) is 8.21. The Labute approximate surface area is 165 Å². The molecule has 0 unspecified atom stereocenters. The van der Waals surface area contributed by atoms with E-state index < -0.39 is 0 Å². The summed E-state index contributed by atoms with van der Waals surface area (Å²) in [5.74, 6) is 1.20. The van der Waals surface area contributed by atoms with Crippen molar-refractivity contribution in [3.8, 4) is 0 Å². The van der Waals surface area contributed by atoms with Crippen LogP contribution in [-0.4, -0.2) is 17.0 Å². The summed E-state index contributed by atoms with van der Waals surface area (Å²) in [5, 5.41) is 11.7. The predicted octanol–water partition coefficient (Wildman–Crippen LogP) is 5.14. The maximum Gasteiger partial charge on any atom is 0.0994 e. The molecule has 142 valence electrons. The zero-order chi connectivity index (χ0) is 19.3. The zero-order valence-corrected chi connectivity index (χ0v) is 15.9. The fourth-order valence-corrected chi connectivity index (χ4v) is 3.48. The average Bonchev–Trinajstić information content (AvgIpc) is 2.66. The molecular formula is C23H25N5. The molecule has 0 amide bonds. The van der Waals surface area contributed by atoms with Gasteiger partial charge in [0.25, 0.3) is 0 Å². The van der Waals surface area contributed by atoms with Gasteiger partial charge in [0, 0.05) is 35.6 Å². The Kier molecular flexibility index (Phi) is 5.33. The fourth-order valence-electron chi connectivity index (χ4n) is 3.48. The number of amidine groups is 1. The Morgan fingerprint density at radius 3 is 2.71 bits per heavy atom. The highest BCUT2D eigenvalue weighted by molar-refractivity contribution is 5.93. The first-order valence-electron chi connectivity index (χ1n) is 9.75. The normalized spacial score (nSPS) is 14.6. The highest BCUT2D eigenvalue weighted by atomic mass is 14.9. The lowest BCUT2D eigenvalue weighted by atomic mass is 9.80. The van der Waals surface area contributed by atoms with E-state index in [0.717, 1.165) is 27.8 Å². The van der Waals surface area contributed by atoms with Gasteiger partial charge in [-0.05, 0) is 54.2 Å². The van der Waals surface area contributed by atoms with Crippen molar-refractivity contribution in [2.24, 2.45) is 10.7 Å². The fraction of sp³-hybridized carbons (Fsp3) is 0.261. The van der Waals surface area contributed by atoms with Gasteiger partial charge in [-0.1, -0.05) is 30.7 Å². The van der Waals surface area contributed by atoms with Gasteiger partial charge in [-0.15, -0.1) is 0 Å². The standard InChI is InChI=1S/C23H25N5/c24-12-10-23(25)27-15-16-4-7-19(8-5-16)28-21-11-13-26-22-14-18(6-9-20(21)22)17-2-1-3-17/h4-9,11-14,17,24H,1-3,10,15H2,(H2,25,27)(H,26,28). The van der Waals surface area contributed by atoms with E-state index in [0.29, 0.717) is 24.7 Å². The van der Waals surface area contributed by atoms with E-state index in [-0.39, 0.29) is 0 Å². The van der Waals surface area contributed by atoms with Crippen molar-refractivity contribution in [2.75, 3.05) is 5.32 Å². The van der Waals surface area contributed by atoms with Crippen molar-refractivity contribution in [3.05, 3.63) is 65.9 Å². The first-order valence-corrected chi connectivity index (χ1v) is 9.75. The van der Waals surface area contributed by atoms with Crippen molar-refractivity contribution in [2.45, 2.75) is 38.1 Å². The van der Waals surface area contributed by atoms with E-state index in [9.17, 15) is 0 Å². The molecule has 4 N–H and O–H groups in total. The van der Waals surface area contributed by atoms with Gasteiger partial charge in [0.05, 0.1) is 17.9 Å². The average molecular weight is 371 g/mol. The summed E-state index contributed by atoms with van der Waals surface area (Å²) in [5.41, 5.74) is 11.4. The molecule has 1 fully saturated rings. The summed E-state index contributed by atoms with van der Waals surface area (Å²) in [6.07, 6.45) is 7.47. The minimum absolute atomic E-state index is 0.400. The van der Waals surface area contributed by atoms with Crippen LogP contribution in [0.4, 0.5) is 11.4 Å². The predicted molar refractivity (Wildman–Crippen MR) is 117 cm³/mol. The summed E-state index contributed by atoms with van der Waals surface area (Å²) in [7, 11) is 0. The van der Waals surface area contributed by atoms with Gasteiger partial charge in [-0.3, -0.25) is 9.98 Å². The Balaban J connectivity index is 1.50. The Hall–Kier alpha value is -3.21. The molecule has 0 spiro atoms. The van der Waals surface area contributed by atoms with E-state index in [1.165, 1.54) is 31.0 Å². The van der Waals surface area contributed by atoms with Crippen LogP contribution in [0.1, 0.15) is 42.7 Å². The maximum absolute atomic E-state index is 7.06. The van der Waals surface area contributed by atoms with Crippen LogP contribution >= 0.6 is 0 Å². The van der Waals surface area contributed by atoms with E-state index >= 15 is 0 Å². The molecule has 5 heteroatoms. The molecule has 5 nitrogen and oxygen atoms in total. The second-order valence-corrected chi connectivity index (χ2v) is 7.30. The molecule has 0 bridgehead atoms. The minimum Gasteiger partial charge on any atom is -0.387 e. The largest absolute Gasteiger partial charge is 0.387 e. The van der Waals surface area contributed by atoms with Crippen molar-refractivity contribution < 1.29 is 0 Å². The van der Waals surface area contributed by atoms with Gasteiger partial charge in [-0.25, -0.2) is 0 Å². The van der Waals surface area contributed by atoms with Crippen LogP contribution in [-0.2, 0) is 6.54 Å². The number of hydrogen-bond donors (Lipinski definition) is 3. The Morgan fingerprint density at radius 1 is 1.18 bits per heavy atom. The first kappa shape index (κ1) is 18.2. The molecule has 0 atom stereocenters. The second-order valence-electron chi connectivity index (χ2n) is 7.30. The number of fused-ring (bicyclic) bond motifs is 1. The number of nitrogens with two attached hydrogens (primary N) is 1. The summed E-state index contributed by atoms with van der Waals surface area (Å²) in [6, 6.07) is 16.9. The number of hydrogen-bond acceptors (Lipinski definition) is 4. The monoisotopic (exact) mass is 371 g/mol. The lowest BCUT2D eigenvalue weighted by Crippen LogP contribution is -2.11. The van der Waals surface area contributed by atoms with Gasteiger partial charge < -0.3 is 16.5 Å². The van der Waals surface area contributed by atoms with Crippen LogP contribution in [0.25, 0.3) is 10.9 Å². The van der Waals surface area contributed by atoms with Crippen LogP contribution in [0, 0.1) is 5.41 Å². The van der Waals surface area contributed by atoms with Crippen molar-refractivity contribution in [1.29, 1.82) is 5.41 Å². The number of aromatic nitrogens is 1. The van der Waals surface area contributed by atoms with Crippen LogP contribution in [0.15, 0.2) is 59.7 Å². The molecule has 1 aliphatic carbocycles. The molecule has 3 aromatic rings. The van der Waals surface area contributed by atoms with Crippen molar-refractivity contribution in [3.63, 3.8) is 0 Å². The number of anilines is 2. The van der Waals surface area contributed by atoms with Gasteiger partial charge in [0.1, 0.15) is 0 Å². The van der Waals surface area contributed by atoms with E-state index in [4.69, 9.17) is 11.1 Å². The van der Waals surface area contributed by atoms with Crippen molar-refractivity contribution >= 4 is 34.3 Å². The highest BCUT2D eigenvalue weighted by Gasteiger charge is 2.19. The number of rotatable bonds is 7. The number of nitrogens with one attached hydrogen (secondary N) is 2. The third-order valence-electron chi connectivity index (χ3n) is 5.35. The quantitative estimate of drug-likeness (QED) is 0.397. The molecule has 1 aromatic heterocycles. The minimum atomic E-state index is 0.400. The lowest BCUT2D eigenvalue weighted by Gasteiger charge is -2.26. The van der Waals surface area contributed by atoms with Crippen LogP contribution in [0.5, 0.6) is 0 Å². The molecule has 28 heavy (non-hydrogen) atoms. The molecule has 1 heterocycles. The summed E-state index contributed by atoms with van der Waals surface area (Å²) >= 11 is 0. The third-order valence-corrected chi connectivity index (χ3v) is 5.35. The molecule has 2 aromatic carbocycles. The molecular weight excluding hydrogens is 346 g/mol. The number of nitrogens with zero attached hydrogens (tertiary/aromatic N) is 2. The smallest absolute Gasteiger partial charge is 0.0994 e.